The third-order valence-electron chi connectivity index (χ3n) is 3.89. The molecule has 0 aliphatic carbocycles. The van der Waals surface area contributed by atoms with Crippen molar-refractivity contribution in [2.45, 2.75) is 25.9 Å². The summed E-state index contributed by atoms with van der Waals surface area (Å²) in [5, 5.41) is 7.13. The van der Waals surface area contributed by atoms with Crippen molar-refractivity contribution in [2.24, 2.45) is 0 Å². The molecule has 3 nitrogen and oxygen atoms in total. The maximum atomic E-state index is 3.64. The van der Waals surface area contributed by atoms with Crippen LogP contribution in [0.1, 0.15) is 22.7 Å². The Labute approximate surface area is 111 Å². The zero-order valence-corrected chi connectivity index (χ0v) is 12.0. The van der Waals surface area contributed by atoms with E-state index >= 15 is 0 Å². The van der Waals surface area contributed by atoms with Crippen molar-refractivity contribution < 1.29 is 0 Å². The number of hydrogen-bond donors (Lipinski definition) is 2. The van der Waals surface area contributed by atoms with Crippen molar-refractivity contribution in [3.63, 3.8) is 0 Å². The highest BCUT2D eigenvalue weighted by Gasteiger charge is 2.26. The van der Waals surface area contributed by atoms with Gasteiger partial charge < -0.3 is 15.5 Å². The predicted molar refractivity (Wildman–Crippen MR) is 77.0 cm³/mol. The Bertz CT molecular complexity index is 403. The highest BCUT2D eigenvalue weighted by molar-refractivity contribution is 5.34. The molecule has 2 N–H and O–H groups in total. The Morgan fingerprint density at radius 3 is 2.83 bits per heavy atom. The van der Waals surface area contributed by atoms with E-state index in [2.05, 4.69) is 61.7 Å². The molecule has 0 amide bonds. The van der Waals surface area contributed by atoms with E-state index in [1.54, 1.807) is 0 Å². The lowest BCUT2D eigenvalue weighted by molar-refractivity contribution is 0.209. The molecule has 0 aromatic heterocycles. The second kappa shape index (κ2) is 5.83. The van der Waals surface area contributed by atoms with Crippen molar-refractivity contribution in [1.82, 2.24) is 15.5 Å². The van der Waals surface area contributed by atoms with Crippen molar-refractivity contribution in [2.75, 3.05) is 33.7 Å². The topological polar surface area (TPSA) is 27.3 Å². The van der Waals surface area contributed by atoms with Gasteiger partial charge in [0.1, 0.15) is 0 Å². The maximum absolute atomic E-state index is 3.64. The van der Waals surface area contributed by atoms with Gasteiger partial charge in [-0.05, 0) is 39.1 Å². The quantitative estimate of drug-likeness (QED) is 0.847. The number of rotatable bonds is 3. The first-order valence-electron chi connectivity index (χ1n) is 6.78. The van der Waals surface area contributed by atoms with E-state index in [0.29, 0.717) is 12.1 Å². The Balaban J connectivity index is 2.24. The van der Waals surface area contributed by atoms with Gasteiger partial charge in [-0.3, -0.25) is 0 Å². The molecule has 1 heterocycles. The van der Waals surface area contributed by atoms with E-state index in [1.165, 1.54) is 16.7 Å². The second-order valence-corrected chi connectivity index (χ2v) is 5.45. The molecule has 0 saturated carbocycles. The summed E-state index contributed by atoms with van der Waals surface area (Å²) in [5.74, 6) is 0. The van der Waals surface area contributed by atoms with Crippen molar-refractivity contribution in [3.05, 3.63) is 34.9 Å². The normalized spacial score (nSPS) is 23.0. The van der Waals surface area contributed by atoms with Gasteiger partial charge in [-0.2, -0.15) is 0 Å². The molecule has 1 aromatic carbocycles. The van der Waals surface area contributed by atoms with Crippen LogP contribution in [-0.4, -0.2) is 44.7 Å². The highest BCUT2D eigenvalue weighted by atomic mass is 15.2. The van der Waals surface area contributed by atoms with Gasteiger partial charge in [-0.1, -0.05) is 23.8 Å². The maximum Gasteiger partial charge on any atom is 0.0488 e. The third-order valence-corrected chi connectivity index (χ3v) is 3.89. The van der Waals surface area contributed by atoms with Crippen molar-refractivity contribution in [1.29, 1.82) is 0 Å². The standard InChI is InChI=1S/C15H25N3/c1-11-5-6-12(2)13(9-11)15(16-3)14-10-18(4)8-7-17-14/h5-6,9,14-17H,7-8,10H2,1-4H3. The lowest BCUT2D eigenvalue weighted by Crippen LogP contribution is -2.54. The van der Waals surface area contributed by atoms with Crippen LogP contribution in [0, 0.1) is 13.8 Å². The summed E-state index contributed by atoms with van der Waals surface area (Å²) >= 11 is 0. The van der Waals surface area contributed by atoms with Gasteiger partial charge in [-0.15, -0.1) is 0 Å². The Hall–Kier alpha value is -0.900. The molecule has 0 bridgehead atoms. The summed E-state index contributed by atoms with van der Waals surface area (Å²) in [6.45, 7) is 7.67. The molecular weight excluding hydrogens is 222 g/mol. The molecule has 0 radical (unpaired) electrons. The minimum atomic E-state index is 0.382. The van der Waals surface area contributed by atoms with E-state index in [1.807, 2.05) is 0 Å². The number of likely N-dealkylation sites (N-methyl/N-ethyl adjacent to an activating group) is 2. The van der Waals surface area contributed by atoms with Crippen molar-refractivity contribution in [3.8, 4) is 0 Å². The van der Waals surface area contributed by atoms with E-state index in [0.717, 1.165) is 19.6 Å². The molecule has 1 fully saturated rings. The van der Waals surface area contributed by atoms with Crippen LogP contribution < -0.4 is 10.6 Å². The van der Waals surface area contributed by atoms with Gasteiger partial charge in [0.05, 0.1) is 0 Å². The molecular formula is C15H25N3. The molecule has 3 heteroatoms. The first-order chi connectivity index (χ1) is 8.61. The van der Waals surface area contributed by atoms with Gasteiger partial charge >= 0.3 is 0 Å². The largest absolute Gasteiger partial charge is 0.312 e. The van der Waals surface area contributed by atoms with Gasteiger partial charge in [0.15, 0.2) is 0 Å². The minimum absolute atomic E-state index is 0.382. The summed E-state index contributed by atoms with van der Waals surface area (Å²) < 4.78 is 0. The molecule has 18 heavy (non-hydrogen) atoms. The SMILES string of the molecule is CNC(c1cc(C)ccc1C)C1CN(C)CCN1. The Morgan fingerprint density at radius 2 is 2.17 bits per heavy atom. The van der Waals surface area contributed by atoms with Crippen LogP contribution in [0.3, 0.4) is 0 Å². The molecule has 1 saturated heterocycles. The van der Waals surface area contributed by atoms with Crippen molar-refractivity contribution >= 4 is 0 Å². The molecule has 0 spiro atoms. The van der Waals surface area contributed by atoms with Crippen LogP contribution in [0.15, 0.2) is 18.2 Å². The minimum Gasteiger partial charge on any atom is -0.312 e. The number of nitrogens with zero attached hydrogens (tertiary/aromatic N) is 1. The molecule has 2 rings (SSSR count). The molecule has 1 aliphatic rings. The summed E-state index contributed by atoms with van der Waals surface area (Å²) in [4.78, 5) is 2.40. The number of benzene rings is 1. The number of nitrogens with one attached hydrogen (secondary N) is 2. The predicted octanol–water partition coefficient (Wildman–Crippen LogP) is 1.47. The summed E-state index contributed by atoms with van der Waals surface area (Å²) in [5.41, 5.74) is 4.13. The third kappa shape index (κ3) is 2.91. The van der Waals surface area contributed by atoms with E-state index in [9.17, 15) is 0 Å². The Kier molecular flexibility index (Phi) is 4.38. The highest BCUT2D eigenvalue weighted by Crippen LogP contribution is 2.23. The van der Waals surface area contributed by atoms with E-state index < -0.39 is 0 Å². The van der Waals surface area contributed by atoms with Gasteiger partial charge in [0, 0.05) is 31.7 Å². The lowest BCUT2D eigenvalue weighted by atomic mass is 9.93. The second-order valence-electron chi connectivity index (χ2n) is 5.45. The fourth-order valence-electron chi connectivity index (χ4n) is 2.82. The van der Waals surface area contributed by atoms with Crippen LogP contribution in [-0.2, 0) is 0 Å². The summed E-state index contributed by atoms with van der Waals surface area (Å²) in [7, 11) is 4.26. The smallest absolute Gasteiger partial charge is 0.0488 e. The molecule has 2 unspecified atom stereocenters. The van der Waals surface area contributed by atoms with Crippen LogP contribution in [0.25, 0.3) is 0 Å². The fraction of sp³-hybridized carbons (Fsp3) is 0.600. The van der Waals surface area contributed by atoms with Crippen LogP contribution in [0.2, 0.25) is 0 Å². The van der Waals surface area contributed by atoms with Gasteiger partial charge in [0.2, 0.25) is 0 Å². The first kappa shape index (κ1) is 13.5. The van der Waals surface area contributed by atoms with Gasteiger partial charge in [0.25, 0.3) is 0 Å². The average Bonchev–Trinajstić information content (AvgIpc) is 2.35. The average molecular weight is 247 g/mol. The lowest BCUT2D eigenvalue weighted by Gasteiger charge is -2.36. The van der Waals surface area contributed by atoms with Crippen LogP contribution in [0.5, 0.6) is 0 Å². The van der Waals surface area contributed by atoms with E-state index in [4.69, 9.17) is 0 Å². The van der Waals surface area contributed by atoms with Crippen LogP contribution in [0.4, 0.5) is 0 Å². The number of piperazine rings is 1. The van der Waals surface area contributed by atoms with E-state index in [-0.39, 0.29) is 0 Å². The number of hydrogen-bond acceptors (Lipinski definition) is 3. The summed E-state index contributed by atoms with van der Waals surface area (Å²) in [6, 6.07) is 7.59. The molecule has 1 aromatic rings. The first-order valence-corrected chi connectivity index (χ1v) is 6.78. The Morgan fingerprint density at radius 1 is 1.39 bits per heavy atom. The zero-order chi connectivity index (χ0) is 13.1. The monoisotopic (exact) mass is 247 g/mol. The molecule has 100 valence electrons. The molecule has 1 aliphatic heterocycles. The molecule has 2 atom stereocenters. The van der Waals surface area contributed by atoms with Gasteiger partial charge in [-0.25, -0.2) is 0 Å². The summed E-state index contributed by atoms with van der Waals surface area (Å²) in [6.07, 6.45) is 0. The fourth-order valence-corrected chi connectivity index (χ4v) is 2.82. The van der Waals surface area contributed by atoms with Crippen LogP contribution >= 0.6 is 0 Å². The number of aryl methyl sites for hydroxylation is 2. The zero-order valence-electron chi connectivity index (χ0n) is 12.0.